The van der Waals surface area contributed by atoms with E-state index in [9.17, 15) is 9.59 Å². The Hall–Kier alpha value is -2.82. The van der Waals surface area contributed by atoms with E-state index in [1.165, 1.54) is 4.90 Å². The molecular formula is C18H20N2O3. The van der Waals surface area contributed by atoms with Gasteiger partial charge in [0.1, 0.15) is 5.75 Å². The third-order valence-corrected chi connectivity index (χ3v) is 3.24. The zero-order valence-electron chi connectivity index (χ0n) is 13.5. The van der Waals surface area contributed by atoms with E-state index in [0.717, 1.165) is 0 Å². The summed E-state index contributed by atoms with van der Waals surface area (Å²) in [5.74, 6) is 0.0379. The minimum atomic E-state index is -0.312. The van der Waals surface area contributed by atoms with Crippen molar-refractivity contribution in [2.45, 2.75) is 6.92 Å². The van der Waals surface area contributed by atoms with E-state index in [-0.39, 0.29) is 11.8 Å². The monoisotopic (exact) mass is 312 g/mol. The van der Waals surface area contributed by atoms with Crippen LogP contribution in [-0.4, -0.2) is 37.4 Å². The lowest BCUT2D eigenvalue weighted by atomic mass is 10.1. The molecule has 1 N–H and O–H groups in total. The topological polar surface area (TPSA) is 58.6 Å². The first-order chi connectivity index (χ1) is 11.0. The second-order valence-corrected chi connectivity index (χ2v) is 5.13. The van der Waals surface area contributed by atoms with Crippen molar-refractivity contribution < 1.29 is 14.3 Å². The van der Waals surface area contributed by atoms with E-state index in [2.05, 4.69) is 5.32 Å². The van der Waals surface area contributed by atoms with Crippen molar-refractivity contribution in [3.05, 3.63) is 59.7 Å². The fraction of sp³-hybridized carbons (Fsp3) is 0.222. The molecule has 0 bridgehead atoms. The van der Waals surface area contributed by atoms with Crippen molar-refractivity contribution in [3.8, 4) is 5.75 Å². The van der Waals surface area contributed by atoms with Crippen LogP contribution < -0.4 is 10.1 Å². The van der Waals surface area contributed by atoms with Crippen molar-refractivity contribution in [1.82, 2.24) is 4.90 Å². The van der Waals surface area contributed by atoms with Gasteiger partial charge in [0, 0.05) is 14.1 Å². The molecular weight excluding hydrogens is 292 g/mol. The highest BCUT2D eigenvalue weighted by molar-refractivity contribution is 6.10. The fourth-order valence-corrected chi connectivity index (χ4v) is 2.14. The zero-order valence-corrected chi connectivity index (χ0v) is 13.5. The van der Waals surface area contributed by atoms with E-state index < -0.39 is 0 Å². The first kappa shape index (κ1) is 16.5. The molecule has 2 aromatic carbocycles. The number of carbonyl (C=O) groups excluding carboxylic acids is 2. The molecule has 0 aliphatic heterocycles. The van der Waals surface area contributed by atoms with Crippen LogP contribution in [0.1, 0.15) is 27.6 Å². The summed E-state index contributed by atoms with van der Waals surface area (Å²) in [6, 6.07) is 14.0. The normalized spacial score (nSPS) is 10.0. The average Bonchev–Trinajstić information content (AvgIpc) is 2.55. The van der Waals surface area contributed by atoms with Gasteiger partial charge in [0.15, 0.2) is 0 Å². The Morgan fingerprint density at radius 2 is 1.61 bits per heavy atom. The van der Waals surface area contributed by atoms with Crippen LogP contribution in [0, 0.1) is 0 Å². The van der Waals surface area contributed by atoms with Gasteiger partial charge in [0.25, 0.3) is 11.8 Å². The number of hydrogen-bond donors (Lipinski definition) is 1. The number of rotatable bonds is 5. The molecule has 0 heterocycles. The molecule has 0 saturated carbocycles. The number of nitrogens with zero attached hydrogens (tertiary/aromatic N) is 1. The molecule has 0 aliphatic rings. The third-order valence-electron chi connectivity index (χ3n) is 3.24. The summed E-state index contributed by atoms with van der Waals surface area (Å²) < 4.78 is 5.48. The Kier molecular flexibility index (Phi) is 5.36. The number of ether oxygens (including phenoxy) is 1. The second-order valence-electron chi connectivity index (χ2n) is 5.13. The molecule has 23 heavy (non-hydrogen) atoms. The number of benzene rings is 2. The maximum atomic E-state index is 12.5. The quantitative estimate of drug-likeness (QED) is 0.923. The summed E-state index contributed by atoms with van der Waals surface area (Å²) >= 11 is 0. The Morgan fingerprint density at radius 1 is 1.00 bits per heavy atom. The predicted molar refractivity (Wildman–Crippen MR) is 90.0 cm³/mol. The predicted octanol–water partition coefficient (Wildman–Crippen LogP) is 3.04. The lowest BCUT2D eigenvalue weighted by Crippen LogP contribution is -2.24. The molecule has 2 rings (SSSR count). The van der Waals surface area contributed by atoms with E-state index in [4.69, 9.17) is 4.74 Å². The summed E-state index contributed by atoms with van der Waals surface area (Å²) in [6.07, 6.45) is 0. The molecule has 2 amide bonds. The SMILES string of the molecule is CCOc1ccccc1C(=O)Nc1ccccc1C(=O)N(C)C. The Balaban J connectivity index is 2.30. The van der Waals surface area contributed by atoms with Crippen LogP contribution in [0.4, 0.5) is 5.69 Å². The number of amides is 2. The maximum absolute atomic E-state index is 12.5. The van der Waals surface area contributed by atoms with Crippen LogP contribution in [0.25, 0.3) is 0 Å². The van der Waals surface area contributed by atoms with Gasteiger partial charge in [-0.3, -0.25) is 9.59 Å². The number of carbonyl (C=O) groups is 2. The van der Waals surface area contributed by atoms with Crippen molar-refractivity contribution in [1.29, 1.82) is 0 Å². The van der Waals surface area contributed by atoms with Gasteiger partial charge in [-0.25, -0.2) is 0 Å². The van der Waals surface area contributed by atoms with Gasteiger partial charge in [0.2, 0.25) is 0 Å². The number of anilines is 1. The lowest BCUT2D eigenvalue weighted by molar-refractivity contribution is 0.0828. The van der Waals surface area contributed by atoms with Gasteiger partial charge >= 0.3 is 0 Å². The largest absolute Gasteiger partial charge is 0.493 e. The summed E-state index contributed by atoms with van der Waals surface area (Å²) in [5, 5.41) is 2.79. The maximum Gasteiger partial charge on any atom is 0.259 e. The van der Waals surface area contributed by atoms with Gasteiger partial charge in [-0.2, -0.15) is 0 Å². The van der Waals surface area contributed by atoms with Crippen molar-refractivity contribution >= 4 is 17.5 Å². The van der Waals surface area contributed by atoms with Crippen LogP contribution in [0.2, 0.25) is 0 Å². The molecule has 5 nitrogen and oxygen atoms in total. The van der Waals surface area contributed by atoms with E-state index >= 15 is 0 Å². The second kappa shape index (κ2) is 7.45. The van der Waals surface area contributed by atoms with Gasteiger partial charge in [0.05, 0.1) is 23.4 Å². The molecule has 0 aliphatic carbocycles. The number of para-hydroxylation sites is 2. The summed E-state index contributed by atoms with van der Waals surface area (Å²) in [4.78, 5) is 26.2. The van der Waals surface area contributed by atoms with Gasteiger partial charge in [-0.1, -0.05) is 24.3 Å². The summed E-state index contributed by atoms with van der Waals surface area (Å²) in [6.45, 7) is 2.33. The molecule has 0 atom stereocenters. The summed E-state index contributed by atoms with van der Waals surface area (Å²) in [5.41, 5.74) is 1.35. The fourth-order valence-electron chi connectivity index (χ4n) is 2.14. The van der Waals surface area contributed by atoms with E-state index in [1.807, 2.05) is 13.0 Å². The molecule has 0 spiro atoms. The Bertz CT molecular complexity index is 711. The van der Waals surface area contributed by atoms with Crippen LogP contribution >= 0.6 is 0 Å². The summed E-state index contributed by atoms with van der Waals surface area (Å²) in [7, 11) is 3.34. The highest BCUT2D eigenvalue weighted by Crippen LogP contribution is 2.22. The Morgan fingerprint density at radius 3 is 2.26 bits per heavy atom. The van der Waals surface area contributed by atoms with Crippen LogP contribution in [-0.2, 0) is 0 Å². The lowest BCUT2D eigenvalue weighted by Gasteiger charge is -2.15. The molecule has 120 valence electrons. The smallest absolute Gasteiger partial charge is 0.259 e. The molecule has 0 fully saturated rings. The van der Waals surface area contributed by atoms with Crippen molar-refractivity contribution in [2.24, 2.45) is 0 Å². The van der Waals surface area contributed by atoms with E-state index in [0.29, 0.717) is 29.2 Å². The Labute approximate surface area is 135 Å². The number of nitrogens with one attached hydrogen (secondary N) is 1. The molecule has 0 aromatic heterocycles. The molecule has 0 unspecified atom stereocenters. The molecule has 0 saturated heterocycles. The number of hydrogen-bond acceptors (Lipinski definition) is 3. The van der Waals surface area contributed by atoms with Gasteiger partial charge < -0.3 is 15.0 Å². The first-order valence-corrected chi connectivity index (χ1v) is 7.38. The minimum Gasteiger partial charge on any atom is -0.493 e. The zero-order chi connectivity index (χ0) is 16.8. The van der Waals surface area contributed by atoms with Gasteiger partial charge in [-0.15, -0.1) is 0 Å². The van der Waals surface area contributed by atoms with Crippen LogP contribution in [0.3, 0.4) is 0 Å². The molecule has 5 heteroatoms. The highest BCUT2D eigenvalue weighted by Gasteiger charge is 2.17. The van der Waals surface area contributed by atoms with Crippen molar-refractivity contribution in [3.63, 3.8) is 0 Å². The van der Waals surface area contributed by atoms with Crippen LogP contribution in [0.15, 0.2) is 48.5 Å². The first-order valence-electron chi connectivity index (χ1n) is 7.38. The molecule has 0 radical (unpaired) electrons. The van der Waals surface area contributed by atoms with Gasteiger partial charge in [-0.05, 0) is 31.2 Å². The molecule has 2 aromatic rings. The van der Waals surface area contributed by atoms with E-state index in [1.54, 1.807) is 56.6 Å². The third kappa shape index (κ3) is 3.88. The highest BCUT2D eigenvalue weighted by atomic mass is 16.5. The van der Waals surface area contributed by atoms with Crippen molar-refractivity contribution in [2.75, 3.05) is 26.0 Å². The van der Waals surface area contributed by atoms with Crippen LogP contribution in [0.5, 0.6) is 5.75 Å². The average molecular weight is 312 g/mol. The minimum absolute atomic E-state index is 0.168. The standard InChI is InChI=1S/C18H20N2O3/c1-4-23-16-12-8-6-10-14(16)17(21)19-15-11-7-5-9-13(15)18(22)20(2)3/h5-12H,4H2,1-3H3,(H,19,21).